The Bertz CT molecular complexity index is 1040. The molecule has 0 aliphatic heterocycles. The molecule has 1 unspecified atom stereocenters. The lowest BCUT2D eigenvalue weighted by molar-refractivity contribution is -0.139. The van der Waals surface area contributed by atoms with E-state index in [1.165, 1.54) is 19.1 Å². The Labute approximate surface area is 191 Å². The van der Waals surface area contributed by atoms with Crippen molar-refractivity contribution in [2.24, 2.45) is 0 Å². The fourth-order valence-corrected chi connectivity index (χ4v) is 4.23. The van der Waals surface area contributed by atoms with E-state index in [1.54, 1.807) is 49.4 Å². The first-order valence-electron chi connectivity index (χ1n) is 9.44. The summed E-state index contributed by atoms with van der Waals surface area (Å²) in [6.07, 6.45) is 1.04. The second kappa shape index (κ2) is 10.6. The molecule has 0 fully saturated rings. The van der Waals surface area contributed by atoms with Crippen LogP contribution >= 0.6 is 15.9 Å². The molecule has 8 nitrogen and oxygen atoms in total. The predicted molar refractivity (Wildman–Crippen MR) is 123 cm³/mol. The maximum Gasteiger partial charge on any atom is 0.244 e. The number of sulfonamides is 1. The van der Waals surface area contributed by atoms with Crippen molar-refractivity contribution in [3.05, 3.63) is 58.6 Å². The van der Waals surface area contributed by atoms with Crippen molar-refractivity contribution < 1.29 is 22.7 Å². The molecule has 0 spiro atoms. The summed E-state index contributed by atoms with van der Waals surface area (Å²) in [6, 6.07) is 13.0. The smallest absolute Gasteiger partial charge is 0.244 e. The summed E-state index contributed by atoms with van der Waals surface area (Å²) in [6.45, 7) is 1.27. The molecule has 0 aliphatic carbocycles. The standard InChI is InChI=1S/C21H26BrN3O5S/c1-15(21(27)23-2)24(13-16-7-5-10-19(11-16)30-3)20(26)14-25(31(4,28)29)18-9-6-8-17(22)12-18/h5-12,15H,13-14H2,1-4H3,(H,23,27). The number of carbonyl (C=O) groups excluding carboxylic acids is 2. The Hall–Kier alpha value is -2.59. The van der Waals surface area contributed by atoms with E-state index in [2.05, 4.69) is 21.2 Å². The number of hydrogen-bond acceptors (Lipinski definition) is 5. The number of anilines is 1. The number of nitrogens with zero attached hydrogens (tertiary/aromatic N) is 2. The molecular weight excluding hydrogens is 486 g/mol. The second-order valence-electron chi connectivity index (χ2n) is 6.91. The molecule has 1 N–H and O–H groups in total. The Morgan fingerprint density at radius 2 is 1.84 bits per heavy atom. The molecule has 0 radical (unpaired) electrons. The quantitative estimate of drug-likeness (QED) is 0.557. The van der Waals surface area contributed by atoms with Crippen molar-refractivity contribution >= 4 is 43.5 Å². The highest BCUT2D eigenvalue weighted by atomic mass is 79.9. The minimum atomic E-state index is -3.75. The summed E-state index contributed by atoms with van der Waals surface area (Å²) in [5, 5.41) is 2.54. The first-order chi connectivity index (χ1) is 14.6. The SMILES string of the molecule is CNC(=O)C(C)N(Cc1cccc(OC)c1)C(=O)CN(c1cccc(Br)c1)S(C)(=O)=O. The highest BCUT2D eigenvalue weighted by Crippen LogP contribution is 2.23. The molecule has 168 valence electrons. The molecule has 31 heavy (non-hydrogen) atoms. The van der Waals surface area contributed by atoms with Crippen LogP contribution in [0.5, 0.6) is 5.75 Å². The average Bonchev–Trinajstić information content (AvgIpc) is 2.73. The van der Waals surface area contributed by atoms with E-state index in [-0.39, 0.29) is 12.5 Å². The normalized spacial score (nSPS) is 12.0. The Morgan fingerprint density at radius 1 is 1.16 bits per heavy atom. The number of benzene rings is 2. The number of carbonyl (C=O) groups is 2. The number of rotatable bonds is 9. The lowest BCUT2D eigenvalue weighted by atomic mass is 10.1. The van der Waals surface area contributed by atoms with Crippen molar-refractivity contribution in [1.82, 2.24) is 10.2 Å². The van der Waals surface area contributed by atoms with Crippen LogP contribution in [0.2, 0.25) is 0 Å². The lowest BCUT2D eigenvalue weighted by Crippen LogP contribution is -2.50. The third kappa shape index (κ3) is 6.70. The van der Waals surface area contributed by atoms with Crippen LogP contribution in [0.15, 0.2) is 53.0 Å². The number of hydrogen-bond donors (Lipinski definition) is 1. The van der Waals surface area contributed by atoms with Gasteiger partial charge in [-0.3, -0.25) is 13.9 Å². The van der Waals surface area contributed by atoms with Crippen molar-refractivity contribution in [3.8, 4) is 5.75 Å². The fraction of sp³-hybridized carbons (Fsp3) is 0.333. The highest BCUT2D eigenvalue weighted by Gasteiger charge is 2.29. The maximum absolute atomic E-state index is 13.3. The fourth-order valence-electron chi connectivity index (χ4n) is 3.00. The number of amides is 2. The Kier molecular flexibility index (Phi) is 8.46. The largest absolute Gasteiger partial charge is 0.497 e. The van der Waals surface area contributed by atoms with Crippen molar-refractivity contribution in [1.29, 1.82) is 0 Å². The molecule has 2 aromatic carbocycles. The molecule has 0 aliphatic rings. The molecule has 0 bridgehead atoms. The van der Waals surface area contributed by atoms with E-state index >= 15 is 0 Å². The summed E-state index contributed by atoms with van der Waals surface area (Å²) in [4.78, 5) is 26.9. The molecule has 0 saturated carbocycles. The van der Waals surface area contributed by atoms with E-state index in [0.717, 1.165) is 16.1 Å². The zero-order valence-electron chi connectivity index (χ0n) is 17.8. The van der Waals surface area contributed by atoms with Gasteiger partial charge >= 0.3 is 0 Å². The van der Waals surface area contributed by atoms with E-state index in [0.29, 0.717) is 15.9 Å². The number of ether oxygens (including phenoxy) is 1. The average molecular weight is 512 g/mol. The maximum atomic E-state index is 13.3. The van der Waals surface area contributed by atoms with Gasteiger partial charge in [0, 0.05) is 18.1 Å². The predicted octanol–water partition coefficient (Wildman–Crippen LogP) is 2.39. The number of methoxy groups -OCH3 is 1. The zero-order chi connectivity index (χ0) is 23.2. The van der Waals surface area contributed by atoms with Gasteiger partial charge in [-0.05, 0) is 42.8 Å². The molecule has 2 amide bonds. The van der Waals surface area contributed by atoms with E-state index in [9.17, 15) is 18.0 Å². The summed E-state index contributed by atoms with van der Waals surface area (Å²) in [7, 11) is -0.732. The minimum absolute atomic E-state index is 0.112. The number of likely N-dealkylation sites (N-methyl/N-ethyl adjacent to an activating group) is 1. The van der Waals surface area contributed by atoms with Gasteiger partial charge in [0.1, 0.15) is 18.3 Å². The number of nitrogens with one attached hydrogen (secondary N) is 1. The van der Waals surface area contributed by atoms with Gasteiger partial charge in [0.25, 0.3) is 0 Å². The Morgan fingerprint density at radius 3 is 2.42 bits per heavy atom. The Balaban J connectivity index is 2.39. The van der Waals surface area contributed by atoms with Gasteiger partial charge in [0.15, 0.2) is 0 Å². The molecule has 10 heteroatoms. The van der Waals surface area contributed by atoms with Gasteiger partial charge in [-0.2, -0.15) is 0 Å². The molecule has 2 aromatic rings. The van der Waals surface area contributed by atoms with Gasteiger partial charge in [-0.1, -0.05) is 34.1 Å². The van der Waals surface area contributed by atoms with Crippen LogP contribution in [-0.4, -0.2) is 58.1 Å². The minimum Gasteiger partial charge on any atom is -0.497 e. The van der Waals surface area contributed by atoms with Crippen LogP contribution in [0.4, 0.5) is 5.69 Å². The number of halogens is 1. The highest BCUT2D eigenvalue weighted by molar-refractivity contribution is 9.10. The monoisotopic (exact) mass is 511 g/mol. The second-order valence-corrected chi connectivity index (χ2v) is 9.74. The van der Waals surface area contributed by atoms with Crippen LogP contribution in [0, 0.1) is 0 Å². The van der Waals surface area contributed by atoms with Crippen LogP contribution in [0.25, 0.3) is 0 Å². The zero-order valence-corrected chi connectivity index (χ0v) is 20.2. The van der Waals surface area contributed by atoms with Gasteiger partial charge < -0.3 is 15.0 Å². The van der Waals surface area contributed by atoms with Crippen LogP contribution < -0.4 is 14.4 Å². The van der Waals surface area contributed by atoms with E-state index < -0.39 is 28.5 Å². The van der Waals surface area contributed by atoms with Crippen LogP contribution in [0.1, 0.15) is 12.5 Å². The third-order valence-corrected chi connectivity index (χ3v) is 6.31. The van der Waals surface area contributed by atoms with Crippen molar-refractivity contribution in [2.45, 2.75) is 19.5 Å². The van der Waals surface area contributed by atoms with Crippen LogP contribution in [0.3, 0.4) is 0 Å². The molecule has 0 heterocycles. The molecule has 0 saturated heterocycles. The summed E-state index contributed by atoms with van der Waals surface area (Å²) >= 11 is 3.32. The van der Waals surface area contributed by atoms with Gasteiger partial charge in [0.05, 0.1) is 19.1 Å². The van der Waals surface area contributed by atoms with Crippen molar-refractivity contribution in [3.63, 3.8) is 0 Å². The van der Waals surface area contributed by atoms with Gasteiger partial charge in [-0.25, -0.2) is 8.42 Å². The molecule has 2 rings (SSSR count). The molecular formula is C21H26BrN3O5S. The van der Waals surface area contributed by atoms with Gasteiger partial charge in [-0.15, -0.1) is 0 Å². The molecule has 1 atom stereocenters. The van der Waals surface area contributed by atoms with E-state index in [4.69, 9.17) is 4.74 Å². The van der Waals surface area contributed by atoms with E-state index in [1.807, 2.05) is 6.07 Å². The summed E-state index contributed by atoms with van der Waals surface area (Å²) < 4.78 is 31.8. The first-order valence-corrected chi connectivity index (χ1v) is 12.1. The molecule has 0 aromatic heterocycles. The third-order valence-electron chi connectivity index (χ3n) is 4.68. The first kappa shape index (κ1) is 24.7. The van der Waals surface area contributed by atoms with Crippen LogP contribution in [-0.2, 0) is 26.2 Å². The summed E-state index contributed by atoms with van der Waals surface area (Å²) in [5.74, 6) is -0.252. The van der Waals surface area contributed by atoms with Crippen molar-refractivity contribution in [2.75, 3.05) is 31.3 Å². The topological polar surface area (TPSA) is 96.0 Å². The van der Waals surface area contributed by atoms with Gasteiger partial charge in [0.2, 0.25) is 21.8 Å². The lowest BCUT2D eigenvalue weighted by Gasteiger charge is -2.31. The summed E-state index contributed by atoms with van der Waals surface area (Å²) in [5.41, 5.74) is 1.09.